The molecule has 0 saturated heterocycles. The van der Waals surface area contributed by atoms with Gasteiger partial charge in [-0.2, -0.15) is 5.10 Å². The average molecular weight is 357 g/mol. The number of aryl methyl sites for hydroxylation is 2. The van der Waals surface area contributed by atoms with Gasteiger partial charge in [-0.05, 0) is 54.4 Å². The number of aromatic nitrogens is 2. The summed E-state index contributed by atoms with van der Waals surface area (Å²) in [5, 5.41) is 13.8. The van der Waals surface area contributed by atoms with Crippen LogP contribution in [0.1, 0.15) is 36.9 Å². The van der Waals surface area contributed by atoms with Crippen LogP contribution in [0.3, 0.4) is 0 Å². The zero-order valence-corrected chi connectivity index (χ0v) is 13.8. The summed E-state index contributed by atoms with van der Waals surface area (Å²) >= 11 is 3.47. The fraction of sp³-hybridized carbons (Fsp3) is 0.400. The lowest BCUT2D eigenvalue weighted by Crippen LogP contribution is -2.07. The Morgan fingerprint density at radius 2 is 2.19 bits per heavy atom. The smallest absolute Gasteiger partial charge is 0.165 e. The van der Waals surface area contributed by atoms with Crippen molar-refractivity contribution in [3.05, 3.63) is 45.4 Å². The summed E-state index contributed by atoms with van der Waals surface area (Å²) in [5.74, 6) is -0.323. The van der Waals surface area contributed by atoms with Crippen molar-refractivity contribution in [1.29, 1.82) is 0 Å². The molecule has 2 aromatic rings. The van der Waals surface area contributed by atoms with Gasteiger partial charge in [0.2, 0.25) is 0 Å². The molecular formula is C15H18BrFN2O2. The minimum absolute atomic E-state index is 0.160. The van der Waals surface area contributed by atoms with Gasteiger partial charge >= 0.3 is 0 Å². The van der Waals surface area contributed by atoms with Gasteiger partial charge in [0.05, 0.1) is 22.0 Å². The van der Waals surface area contributed by atoms with E-state index in [1.165, 1.54) is 12.1 Å². The molecule has 0 aliphatic carbocycles. The second-order valence-corrected chi connectivity index (χ2v) is 5.61. The van der Waals surface area contributed by atoms with Crippen LogP contribution in [-0.2, 0) is 13.2 Å². The van der Waals surface area contributed by atoms with Crippen molar-refractivity contribution in [3.63, 3.8) is 0 Å². The summed E-state index contributed by atoms with van der Waals surface area (Å²) < 4.78 is 22.2. The summed E-state index contributed by atoms with van der Waals surface area (Å²) in [5.41, 5.74) is 2.27. The molecule has 0 aliphatic rings. The van der Waals surface area contributed by atoms with E-state index in [0.717, 1.165) is 15.9 Å². The summed E-state index contributed by atoms with van der Waals surface area (Å²) in [6, 6.07) is 4.47. The van der Waals surface area contributed by atoms with E-state index in [1.54, 1.807) is 13.0 Å². The molecule has 1 N–H and O–H groups in total. The molecule has 0 aliphatic heterocycles. The van der Waals surface area contributed by atoms with Gasteiger partial charge in [0.25, 0.3) is 0 Å². The van der Waals surface area contributed by atoms with E-state index in [-0.39, 0.29) is 12.4 Å². The van der Waals surface area contributed by atoms with Crippen LogP contribution in [0.25, 0.3) is 0 Å². The van der Waals surface area contributed by atoms with E-state index in [2.05, 4.69) is 21.0 Å². The highest BCUT2D eigenvalue weighted by Crippen LogP contribution is 2.25. The number of rotatable bonds is 5. The van der Waals surface area contributed by atoms with Crippen LogP contribution in [0.4, 0.5) is 4.39 Å². The molecule has 21 heavy (non-hydrogen) atoms. The van der Waals surface area contributed by atoms with Gasteiger partial charge in [0.15, 0.2) is 11.6 Å². The number of ether oxygens (including phenoxy) is 1. The molecule has 1 unspecified atom stereocenters. The van der Waals surface area contributed by atoms with Gasteiger partial charge in [-0.15, -0.1) is 0 Å². The standard InChI is InChI=1S/C15H18BrFN2O2/c1-4-19-13(15(16)9(2)18-19)8-21-14-6-5-11(10(3)20)7-12(14)17/h5-7,10,20H,4,8H2,1-3H3. The van der Waals surface area contributed by atoms with Crippen LogP contribution in [0.5, 0.6) is 5.75 Å². The molecule has 1 aromatic carbocycles. The first-order valence-corrected chi connectivity index (χ1v) is 7.55. The van der Waals surface area contributed by atoms with Crippen molar-refractivity contribution >= 4 is 15.9 Å². The van der Waals surface area contributed by atoms with Crippen molar-refractivity contribution in [1.82, 2.24) is 9.78 Å². The zero-order chi connectivity index (χ0) is 15.6. The van der Waals surface area contributed by atoms with Crippen LogP contribution < -0.4 is 4.74 Å². The lowest BCUT2D eigenvalue weighted by molar-refractivity contribution is 0.198. The van der Waals surface area contributed by atoms with Crippen LogP contribution in [-0.4, -0.2) is 14.9 Å². The number of hydrogen-bond donors (Lipinski definition) is 1. The Bertz CT molecular complexity index is 641. The van der Waals surface area contributed by atoms with Crippen LogP contribution in [0, 0.1) is 12.7 Å². The van der Waals surface area contributed by atoms with E-state index in [9.17, 15) is 9.50 Å². The maximum atomic E-state index is 13.9. The van der Waals surface area contributed by atoms with E-state index in [0.29, 0.717) is 12.1 Å². The highest BCUT2D eigenvalue weighted by Gasteiger charge is 2.14. The van der Waals surface area contributed by atoms with Gasteiger partial charge in [-0.1, -0.05) is 6.07 Å². The first-order valence-electron chi connectivity index (χ1n) is 6.76. The first-order chi connectivity index (χ1) is 9.93. The van der Waals surface area contributed by atoms with E-state index >= 15 is 0 Å². The molecule has 1 aromatic heterocycles. The number of halogens is 2. The topological polar surface area (TPSA) is 47.3 Å². The Balaban J connectivity index is 2.17. The van der Waals surface area contributed by atoms with Crippen molar-refractivity contribution < 1.29 is 14.2 Å². The Kier molecular flexibility index (Phi) is 5.00. The van der Waals surface area contributed by atoms with Crippen molar-refractivity contribution in [2.75, 3.05) is 0 Å². The summed E-state index contributed by atoms with van der Waals surface area (Å²) in [7, 11) is 0. The normalized spacial score (nSPS) is 12.5. The third-order valence-corrected chi connectivity index (χ3v) is 4.29. The summed E-state index contributed by atoms with van der Waals surface area (Å²) in [6.45, 7) is 6.42. The van der Waals surface area contributed by atoms with Crippen LogP contribution in [0.2, 0.25) is 0 Å². The maximum Gasteiger partial charge on any atom is 0.165 e. The van der Waals surface area contributed by atoms with Crippen LogP contribution >= 0.6 is 15.9 Å². The molecule has 1 heterocycles. The van der Waals surface area contributed by atoms with Gasteiger partial charge < -0.3 is 9.84 Å². The van der Waals surface area contributed by atoms with Gasteiger partial charge in [0, 0.05) is 6.54 Å². The number of nitrogens with zero attached hydrogens (tertiary/aromatic N) is 2. The number of aliphatic hydroxyl groups excluding tert-OH is 1. The first kappa shape index (κ1) is 16.0. The molecular weight excluding hydrogens is 339 g/mol. The average Bonchev–Trinajstić information content (AvgIpc) is 2.72. The predicted molar refractivity (Wildman–Crippen MR) is 81.7 cm³/mol. The molecule has 0 saturated carbocycles. The summed E-state index contributed by atoms with van der Waals surface area (Å²) in [6.07, 6.45) is -0.702. The number of hydrogen-bond acceptors (Lipinski definition) is 3. The Labute approximate surface area is 131 Å². The van der Waals surface area contributed by atoms with E-state index in [4.69, 9.17) is 4.74 Å². The highest BCUT2D eigenvalue weighted by molar-refractivity contribution is 9.10. The van der Waals surface area contributed by atoms with Gasteiger partial charge in [0.1, 0.15) is 6.61 Å². The molecule has 0 radical (unpaired) electrons. The fourth-order valence-electron chi connectivity index (χ4n) is 2.05. The van der Waals surface area contributed by atoms with Gasteiger partial charge in [-0.3, -0.25) is 4.68 Å². The zero-order valence-electron chi connectivity index (χ0n) is 12.2. The molecule has 6 heteroatoms. The summed E-state index contributed by atoms with van der Waals surface area (Å²) in [4.78, 5) is 0. The van der Waals surface area contributed by atoms with Crippen molar-refractivity contribution in [2.24, 2.45) is 0 Å². The SMILES string of the molecule is CCn1nc(C)c(Br)c1COc1ccc(C(C)O)cc1F. The third kappa shape index (κ3) is 3.44. The molecule has 2 rings (SSSR count). The lowest BCUT2D eigenvalue weighted by atomic mass is 10.1. The fourth-order valence-corrected chi connectivity index (χ4v) is 2.45. The lowest BCUT2D eigenvalue weighted by Gasteiger charge is -2.11. The minimum atomic E-state index is -0.702. The molecule has 0 spiro atoms. The monoisotopic (exact) mass is 356 g/mol. The second kappa shape index (κ2) is 6.58. The Morgan fingerprint density at radius 3 is 2.76 bits per heavy atom. The molecule has 0 fully saturated rings. The molecule has 1 atom stereocenters. The largest absolute Gasteiger partial charge is 0.484 e. The van der Waals surface area contributed by atoms with Gasteiger partial charge in [-0.25, -0.2) is 4.39 Å². The van der Waals surface area contributed by atoms with Crippen LogP contribution in [0.15, 0.2) is 22.7 Å². The van der Waals surface area contributed by atoms with Crippen molar-refractivity contribution in [3.8, 4) is 5.75 Å². The molecule has 0 amide bonds. The number of benzene rings is 1. The second-order valence-electron chi connectivity index (χ2n) is 4.82. The predicted octanol–water partition coefficient (Wildman–Crippen LogP) is 3.75. The highest BCUT2D eigenvalue weighted by atomic mass is 79.9. The Morgan fingerprint density at radius 1 is 1.48 bits per heavy atom. The number of aliphatic hydroxyl groups is 1. The third-order valence-electron chi connectivity index (χ3n) is 3.26. The van der Waals surface area contributed by atoms with E-state index < -0.39 is 11.9 Å². The maximum absolute atomic E-state index is 13.9. The Hall–Kier alpha value is -1.40. The van der Waals surface area contributed by atoms with E-state index in [1.807, 2.05) is 18.5 Å². The minimum Gasteiger partial charge on any atom is -0.484 e. The molecule has 114 valence electrons. The molecule has 4 nitrogen and oxygen atoms in total. The molecule has 0 bridgehead atoms. The quantitative estimate of drug-likeness (QED) is 0.887. The van der Waals surface area contributed by atoms with Crippen molar-refractivity contribution in [2.45, 2.75) is 40.0 Å².